The van der Waals surface area contributed by atoms with Gasteiger partial charge in [-0.2, -0.15) is 0 Å². The van der Waals surface area contributed by atoms with E-state index in [9.17, 15) is 0 Å². The van der Waals surface area contributed by atoms with Crippen molar-refractivity contribution in [3.8, 4) is 0 Å². The number of hydrogen-bond donors (Lipinski definition) is 6. The van der Waals surface area contributed by atoms with Crippen molar-refractivity contribution in [3.63, 3.8) is 0 Å². The van der Waals surface area contributed by atoms with Gasteiger partial charge in [0.1, 0.15) is 6.10 Å². The van der Waals surface area contributed by atoms with Crippen LogP contribution in [0.4, 0.5) is 0 Å². The summed E-state index contributed by atoms with van der Waals surface area (Å²) in [6.45, 7) is -0.833. The number of aliphatic hydroxyl groups is 5. The Morgan fingerprint density at radius 3 is 1.17 bits per heavy atom. The van der Waals surface area contributed by atoms with Crippen LogP contribution >= 0.6 is 0 Å². The van der Waals surface area contributed by atoms with E-state index >= 15 is 0 Å². The molecule has 0 fully saturated rings. The molecule has 0 spiro atoms. The highest BCUT2D eigenvalue weighted by molar-refractivity contribution is 4.48. The van der Waals surface area contributed by atoms with E-state index in [1.807, 2.05) is 0 Å². The van der Waals surface area contributed by atoms with Crippen molar-refractivity contribution in [2.45, 2.75) is 12.2 Å². The summed E-state index contributed by atoms with van der Waals surface area (Å²) in [4.78, 5) is 0. The van der Waals surface area contributed by atoms with Crippen LogP contribution in [0, 0.1) is 0 Å². The van der Waals surface area contributed by atoms with Crippen LogP contribution in [0.15, 0.2) is 0 Å². The van der Waals surface area contributed by atoms with E-state index in [2.05, 4.69) is 0 Å². The second-order valence-electron chi connectivity index (χ2n) is 2.09. The molecule has 1 atom stereocenters. The van der Waals surface area contributed by atoms with E-state index in [0.717, 1.165) is 0 Å². The van der Waals surface area contributed by atoms with Gasteiger partial charge in [0.2, 0.25) is 0 Å². The van der Waals surface area contributed by atoms with Gasteiger partial charge in [0.05, 0.1) is 25.9 Å². The van der Waals surface area contributed by atoms with E-state index in [1.165, 1.54) is 0 Å². The van der Waals surface area contributed by atoms with Crippen LogP contribution in [0.3, 0.4) is 0 Å². The quantitative estimate of drug-likeness (QED) is 0.270. The van der Waals surface area contributed by atoms with Crippen LogP contribution in [0.2, 0.25) is 0 Å². The van der Waals surface area contributed by atoms with Crippen molar-refractivity contribution < 1.29 is 25.5 Å². The van der Waals surface area contributed by atoms with Crippen molar-refractivity contribution in [2.24, 2.45) is 5.73 Å². The SMILES string of the molecule is NCC(O)CO.OCC(O)CO. The number of rotatable bonds is 4. The number of nitrogens with two attached hydrogens (primary N) is 1. The fraction of sp³-hybridized carbons (Fsp3) is 1.00. The molecule has 0 aliphatic rings. The van der Waals surface area contributed by atoms with Crippen LogP contribution in [0.1, 0.15) is 0 Å². The van der Waals surface area contributed by atoms with Gasteiger partial charge in [-0.3, -0.25) is 0 Å². The maximum atomic E-state index is 8.29. The molecule has 0 amide bonds. The van der Waals surface area contributed by atoms with E-state index in [4.69, 9.17) is 31.3 Å². The summed E-state index contributed by atoms with van der Waals surface area (Å²) in [6.07, 6.45) is -1.69. The van der Waals surface area contributed by atoms with Gasteiger partial charge < -0.3 is 31.3 Å². The van der Waals surface area contributed by atoms with Gasteiger partial charge in [-0.05, 0) is 0 Å². The molecule has 76 valence electrons. The molecule has 0 aromatic rings. The van der Waals surface area contributed by atoms with Gasteiger partial charge in [-0.25, -0.2) is 0 Å². The summed E-state index contributed by atoms with van der Waals surface area (Å²) in [5.74, 6) is 0. The standard InChI is InChI=1S/C3H9NO2.C3H8O3/c2*4-1-3(6)2-5/h3,5-6H,1-2,4H2;3-6H,1-2H2. The molecule has 0 aromatic carbocycles. The molecule has 0 saturated heterocycles. The first kappa shape index (κ1) is 14.3. The Labute approximate surface area is 70.9 Å². The number of hydrogen-bond acceptors (Lipinski definition) is 6. The maximum Gasteiger partial charge on any atom is 0.100 e. The first-order chi connectivity index (χ1) is 5.62. The van der Waals surface area contributed by atoms with Gasteiger partial charge in [0.15, 0.2) is 0 Å². The van der Waals surface area contributed by atoms with Crippen molar-refractivity contribution in [3.05, 3.63) is 0 Å². The summed E-state index contributed by atoms with van der Waals surface area (Å²) in [6, 6.07) is 0. The zero-order valence-electron chi connectivity index (χ0n) is 6.80. The summed E-state index contributed by atoms with van der Waals surface area (Å²) in [5.41, 5.74) is 4.87. The largest absolute Gasteiger partial charge is 0.394 e. The minimum atomic E-state index is -0.954. The molecule has 0 aliphatic carbocycles. The van der Waals surface area contributed by atoms with Crippen molar-refractivity contribution >= 4 is 0 Å². The Kier molecular flexibility index (Phi) is 12.8. The van der Waals surface area contributed by atoms with Gasteiger partial charge in [-0.15, -0.1) is 0 Å². The third-order valence-electron chi connectivity index (χ3n) is 0.904. The summed E-state index contributed by atoms with van der Waals surface area (Å²) < 4.78 is 0. The van der Waals surface area contributed by atoms with Gasteiger partial charge in [0, 0.05) is 6.54 Å². The second kappa shape index (κ2) is 10.8. The zero-order valence-corrected chi connectivity index (χ0v) is 6.80. The molecule has 0 bridgehead atoms. The lowest BCUT2D eigenvalue weighted by Gasteiger charge is -1.97. The highest BCUT2D eigenvalue weighted by atomic mass is 16.3. The van der Waals surface area contributed by atoms with E-state index in [-0.39, 0.29) is 26.4 Å². The molecule has 6 nitrogen and oxygen atoms in total. The first-order valence-electron chi connectivity index (χ1n) is 3.51. The van der Waals surface area contributed by atoms with Crippen molar-refractivity contribution in [2.75, 3.05) is 26.4 Å². The maximum absolute atomic E-state index is 8.29. The van der Waals surface area contributed by atoms with Crippen molar-refractivity contribution in [1.82, 2.24) is 0 Å². The first-order valence-corrected chi connectivity index (χ1v) is 3.51. The normalized spacial score (nSPS) is 12.2. The Hall–Kier alpha value is -0.240. The van der Waals surface area contributed by atoms with E-state index in [1.54, 1.807) is 0 Å². The molecule has 0 rings (SSSR count). The fourth-order valence-corrected chi connectivity index (χ4v) is 0.132. The fourth-order valence-electron chi connectivity index (χ4n) is 0.132. The minimum Gasteiger partial charge on any atom is -0.394 e. The lowest BCUT2D eigenvalue weighted by molar-refractivity contribution is 0.0450. The Morgan fingerprint density at radius 1 is 0.833 bits per heavy atom. The Balaban J connectivity index is 0. The van der Waals surface area contributed by atoms with E-state index in [0.29, 0.717) is 0 Å². The molecule has 0 aromatic heterocycles. The highest BCUT2D eigenvalue weighted by Crippen LogP contribution is 1.71. The monoisotopic (exact) mass is 183 g/mol. The van der Waals surface area contributed by atoms with Gasteiger partial charge >= 0.3 is 0 Å². The Bertz CT molecular complexity index is 64.3. The molecule has 0 saturated carbocycles. The smallest absolute Gasteiger partial charge is 0.100 e. The third kappa shape index (κ3) is 12.4. The molecule has 12 heavy (non-hydrogen) atoms. The lowest BCUT2D eigenvalue weighted by atomic mass is 10.4. The molecular weight excluding hydrogens is 166 g/mol. The highest BCUT2D eigenvalue weighted by Gasteiger charge is 1.93. The van der Waals surface area contributed by atoms with E-state index < -0.39 is 12.2 Å². The average molecular weight is 183 g/mol. The summed E-state index contributed by atoms with van der Waals surface area (Å²) in [7, 11) is 0. The van der Waals surface area contributed by atoms with Gasteiger partial charge in [-0.1, -0.05) is 0 Å². The second-order valence-corrected chi connectivity index (χ2v) is 2.09. The minimum absolute atomic E-state index is 0.135. The number of aliphatic hydroxyl groups excluding tert-OH is 5. The van der Waals surface area contributed by atoms with Crippen LogP contribution in [0.25, 0.3) is 0 Å². The van der Waals surface area contributed by atoms with Crippen LogP contribution in [-0.4, -0.2) is 64.1 Å². The van der Waals surface area contributed by atoms with Crippen LogP contribution in [-0.2, 0) is 0 Å². The topological polar surface area (TPSA) is 127 Å². The summed E-state index contributed by atoms with van der Waals surface area (Å²) >= 11 is 0. The lowest BCUT2D eigenvalue weighted by Crippen LogP contribution is -2.22. The molecule has 7 N–H and O–H groups in total. The molecule has 6 heteroatoms. The van der Waals surface area contributed by atoms with Crippen LogP contribution in [0.5, 0.6) is 0 Å². The van der Waals surface area contributed by atoms with Gasteiger partial charge in [0.25, 0.3) is 0 Å². The molecule has 0 heterocycles. The zero-order chi connectivity index (χ0) is 9.98. The molecular formula is C6H17NO5. The molecule has 1 unspecified atom stereocenters. The molecule has 0 aliphatic heterocycles. The summed E-state index contributed by atoms with van der Waals surface area (Å²) in [5, 5.41) is 40.3. The predicted octanol–water partition coefficient (Wildman–Crippen LogP) is -3.37. The average Bonchev–Trinajstić information content (AvgIpc) is 2.16. The third-order valence-corrected chi connectivity index (χ3v) is 0.904. The van der Waals surface area contributed by atoms with Crippen LogP contribution < -0.4 is 5.73 Å². The molecule has 0 radical (unpaired) electrons. The predicted molar refractivity (Wildman–Crippen MR) is 42.3 cm³/mol. The van der Waals surface area contributed by atoms with Crippen molar-refractivity contribution in [1.29, 1.82) is 0 Å². The Morgan fingerprint density at radius 2 is 1.17 bits per heavy atom.